The molecule has 2 aromatic carbocycles. The molecule has 6 nitrogen and oxygen atoms in total. The second-order valence-electron chi connectivity index (χ2n) is 7.93. The Labute approximate surface area is 174 Å². The molecule has 1 aliphatic heterocycles. The average Bonchev–Trinajstić information content (AvgIpc) is 3.49. The third-order valence-corrected chi connectivity index (χ3v) is 7.99. The van der Waals surface area contributed by atoms with Crippen LogP contribution in [0.5, 0.6) is 5.75 Å². The average molecular weight is 428 g/mol. The fraction of sp³-hybridized carbons (Fsp3) is 0.318. The van der Waals surface area contributed by atoms with E-state index in [4.69, 9.17) is 4.74 Å². The molecular formula is C22H22FN3O3S. The molecule has 2 heterocycles. The maximum absolute atomic E-state index is 14.8. The van der Waals surface area contributed by atoms with E-state index in [-0.39, 0.29) is 22.5 Å². The van der Waals surface area contributed by atoms with Crippen LogP contribution in [0.1, 0.15) is 31.2 Å². The molecule has 3 aromatic rings. The van der Waals surface area contributed by atoms with Crippen molar-refractivity contribution in [2.75, 3.05) is 18.0 Å². The summed E-state index contributed by atoms with van der Waals surface area (Å²) < 4.78 is 50.0. The Morgan fingerprint density at radius 3 is 2.63 bits per heavy atom. The van der Waals surface area contributed by atoms with Crippen LogP contribution in [-0.2, 0) is 15.4 Å². The van der Waals surface area contributed by atoms with Gasteiger partial charge in [0.1, 0.15) is 22.1 Å². The number of rotatable bonds is 4. The summed E-state index contributed by atoms with van der Waals surface area (Å²) >= 11 is 0. The molecule has 1 aromatic heterocycles. The first-order valence-electron chi connectivity index (χ1n) is 9.96. The van der Waals surface area contributed by atoms with Crippen LogP contribution in [0.25, 0.3) is 5.69 Å². The van der Waals surface area contributed by atoms with Crippen molar-refractivity contribution in [3.8, 4) is 11.4 Å². The first-order chi connectivity index (χ1) is 14.5. The number of aromatic nitrogens is 2. The van der Waals surface area contributed by atoms with Crippen LogP contribution in [0.2, 0.25) is 0 Å². The largest absolute Gasteiger partial charge is 0.494 e. The van der Waals surface area contributed by atoms with E-state index in [1.165, 1.54) is 27.4 Å². The van der Waals surface area contributed by atoms with Gasteiger partial charge in [-0.25, -0.2) is 17.5 Å². The maximum Gasteiger partial charge on any atom is 0.267 e. The molecule has 1 aliphatic carbocycles. The van der Waals surface area contributed by atoms with Crippen molar-refractivity contribution in [3.63, 3.8) is 0 Å². The lowest BCUT2D eigenvalue weighted by atomic mass is 9.81. The number of methoxy groups -OCH3 is 1. The Hall–Kier alpha value is -2.87. The molecule has 5 rings (SSSR count). The van der Waals surface area contributed by atoms with Crippen molar-refractivity contribution in [1.29, 1.82) is 0 Å². The lowest BCUT2D eigenvalue weighted by molar-refractivity contribution is 0.411. The number of hydrogen-bond donors (Lipinski definition) is 0. The van der Waals surface area contributed by atoms with Crippen molar-refractivity contribution >= 4 is 15.7 Å². The third kappa shape index (κ3) is 2.74. The summed E-state index contributed by atoms with van der Waals surface area (Å²) in [5, 5.41) is 4.24. The lowest BCUT2D eigenvalue weighted by Gasteiger charge is -2.24. The monoisotopic (exact) mass is 427 g/mol. The minimum Gasteiger partial charge on any atom is -0.494 e. The number of ether oxygens (including phenoxy) is 1. The molecular weight excluding hydrogens is 405 g/mol. The third-order valence-electron chi connectivity index (χ3n) is 6.29. The molecule has 30 heavy (non-hydrogen) atoms. The van der Waals surface area contributed by atoms with Gasteiger partial charge in [0, 0.05) is 12.0 Å². The summed E-state index contributed by atoms with van der Waals surface area (Å²) in [6.07, 6.45) is 6.55. The van der Waals surface area contributed by atoms with Gasteiger partial charge in [-0.2, -0.15) is 5.10 Å². The summed E-state index contributed by atoms with van der Waals surface area (Å²) in [6.45, 7) is 0.269. The molecule has 1 fully saturated rings. The Morgan fingerprint density at radius 1 is 1.10 bits per heavy atom. The molecule has 1 saturated carbocycles. The Morgan fingerprint density at radius 2 is 1.87 bits per heavy atom. The van der Waals surface area contributed by atoms with E-state index in [2.05, 4.69) is 5.10 Å². The van der Waals surface area contributed by atoms with Crippen molar-refractivity contribution in [3.05, 3.63) is 66.2 Å². The fourth-order valence-corrected chi connectivity index (χ4v) is 6.35. The molecule has 0 saturated heterocycles. The van der Waals surface area contributed by atoms with Gasteiger partial charge in [0.05, 0.1) is 25.2 Å². The van der Waals surface area contributed by atoms with E-state index < -0.39 is 15.8 Å². The highest BCUT2D eigenvalue weighted by Crippen LogP contribution is 2.52. The first kappa shape index (κ1) is 19.1. The van der Waals surface area contributed by atoms with Gasteiger partial charge in [-0.05, 0) is 36.6 Å². The van der Waals surface area contributed by atoms with Crippen molar-refractivity contribution in [1.82, 2.24) is 9.78 Å². The second-order valence-corrected chi connectivity index (χ2v) is 9.79. The number of anilines is 1. The number of fused-ring (bicyclic) bond motifs is 2. The normalized spacial score (nSPS) is 17.5. The zero-order chi connectivity index (χ0) is 20.9. The van der Waals surface area contributed by atoms with E-state index in [1.54, 1.807) is 25.3 Å². The highest BCUT2D eigenvalue weighted by atomic mass is 32.2. The topological polar surface area (TPSA) is 64.4 Å². The Kier molecular flexibility index (Phi) is 4.36. The minimum atomic E-state index is -3.98. The van der Waals surface area contributed by atoms with E-state index in [9.17, 15) is 12.8 Å². The van der Waals surface area contributed by atoms with Gasteiger partial charge in [-0.1, -0.05) is 37.1 Å². The SMILES string of the molecule is COc1ccccc1-n1cc(S(=O)(=O)N2CC3(CCCC3)c3cccc(F)c32)cn1. The lowest BCUT2D eigenvalue weighted by Crippen LogP contribution is -2.35. The van der Waals surface area contributed by atoms with Gasteiger partial charge < -0.3 is 4.74 Å². The summed E-state index contributed by atoms with van der Waals surface area (Å²) in [5.74, 6) is 0.0731. The summed E-state index contributed by atoms with van der Waals surface area (Å²) in [6, 6.07) is 12.1. The number of benzene rings is 2. The van der Waals surface area contributed by atoms with Crippen LogP contribution in [-0.4, -0.2) is 31.9 Å². The number of halogens is 1. The molecule has 156 valence electrons. The summed E-state index contributed by atoms with van der Waals surface area (Å²) in [5.41, 5.74) is 1.32. The van der Waals surface area contributed by atoms with Crippen molar-refractivity contribution < 1.29 is 17.5 Å². The summed E-state index contributed by atoms with van der Waals surface area (Å²) in [7, 11) is -2.43. The number of para-hydroxylation sites is 3. The molecule has 0 bridgehead atoms. The fourth-order valence-electron chi connectivity index (χ4n) is 4.84. The molecule has 1 spiro atoms. The molecule has 0 amide bonds. The predicted molar refractivity (Wildman–Crippen MR) is 111 cm³/mol. The Balaban J connectivity index is 1.58. The molecule has 0 unspecified atom stereocenters. The van der Waals surface area contributed by atoms with Crippen LogP contribution in [0.15, 0.2) is 59.8 Å². The van der Waals surface area contributed by atoms with Gasteiger partial charge in [-0.15, -0.1) is 0 Å². The quantitative estimate of drug-likeness (QED) is 0.630. The molecule has 0 N–H and O–H groups in total. The molecule has 0 radical (unpaired) electrons. The number of nitrogens with zero attached hydrogens (tertiary/aromatic N) is 3. The van der Waals surface area contributed by atoms with Gasteiger partial charge in [-0.3, -0.25) is 4.31 Å². The number of sulfonamides is 1. The molecule has 0 atom stereocenters. The van der Waals surface area contributed by atoms with Gasteiger partial charge in [0.15, 0.2) is 0 Å². The highest BCUT2D eigenvalue weighted by molar-refractivity contribution is 7.92. The van der Waals surface area contributed by atoms with E-state index in [0.717, 1.165) is 31.2 Å². The maximum atomic E-state index is 14.8. The van der Waals surface area contributed by atoms with Gasteiger partial charge in [0.25, 0.3) is 10.0 Å². The minimum absolute atomic E-state index is 0.0256. The van der Waals surface area contributed by atoms with Gasteiger partial charge >= 0.3 is 0 Å². The van der Waals surface area contributed by atoms with Gasteiger partial charge in [0.2, 0.25) is 0 Å². The smallest absolute Gasteiger partial charge is 0.267 e. The zero-order valence-electron chi connectivity index (χ0n) is 16.6. The van der Waals surface area contributed by atoms with Crippen molar-refractivity contribution in [2.24, 2.45) is 0 Å². The highest BCUT2D eigenvalue weighted by Gasteiger charge is 2.49. The van der Waals surface area contributed by atoms with E-state index in [0.29, 0.717) is 11.4 Å². The van der Waals surface area contributed by atoms with Crippen LogP contribution in [0, 0.1) is 5.82 Å². The molecule has 8 heteroatoms. The van der Waals surface area contributed by atoms with Crippen LogP contribution >= 0.6 is 0 Å². The van der Waals surface area contributed by atoms with Crippen LogP contribution in [0.3, 0.4) is 0 Å². The van der Waals surface area contributed by atoms with Crippen LogP contribution < -0.4 is 9.04 Å². The predicted octanol–water partition coefficient (Wildman–Crippen LogP) is 4.04. The standard InChI is InChI=1S/C22H22FN3O3S/c1-29-20-10-3-2-9-19(20)25-14-16(13-24-25)30(27,28)26-15-22(11-4-5-12-22)17-7-6-8-18(23)21(17)26/h2-3,6-10,13-14H,4-5,11-12,15H2,1H3. The first-order valence-corrected chi connectivity index (χ1v) is 11.4. The van der Waals surface area contributed by atoms with Crippen LogP contribution in [0.4, 0.5) is 10.1 Å². The number of hydrogen-bond acceptors (Lipinski definition) is 4. The van der Waals surface area contributed by atoms with E-state index >= 15 is 0 Å². The zero-order valence-corrected chi connectivity index (χ0v) is 17.4. The Bertz CT molecular complexity index is 1220. The van der Waals surface area contributed by atoms with Crippen molar-refractivity contribution in [2.45, 2.75) is 36.0 Å². The summed E-state index contributed by atoms with van der Waals surface area (Å²) in [4.78, 5) is 0.0256. The molecule has 2 aliphatic rings. The second kappa shape index (κ2) is 6.84. The van der Waals surface area contributed by atoms with E-state index in [1.807, 2.05) is 18.2 Å².